The maximum absolute atomic E-state index is 13.0. The van der Waals surface area contributed by atoms with Crippen LogP contribution in [-0.2, 0) is 21.6 Å². The second kappa shape index (κ2) is 4.84. The van der Waals surface area contributed by atoms with Crippen LogP contribution in [0.1, 0.15) is 12.0 Å². The zero-order valence-corrected chi connectivity index (χ0v) is 10.5. The molecule has 1 fully saturated rings. The fourth-order valence-corrected chi connectivity index (χ4v) is 2.64. The van der Waals surface area contributed by atoms with Crippen LogP contribution in [0.3, 0.4) is 0 Å². The van der Waals surface area contributed by atoms with E-state index >= 15 is 0 Å². The van der Waals surface area contributed by atoms with Gasteiger partial charge in [-0.1, -0.05) is 6.07 Å². The first-order valence-electron chi connectivity index (χ1n) is 5.42. The van der Waals surface area contributed by atoms with Gasteiger partial charge in [-0.15, -0.1) is 3.89 Å². The number of hydrogen-bond acceptors (Lipinski definition) is 3. The van der Waals surface area contributed by atoms with Crippen LogP contribution in [0.5, 0.6) is 0 Å². The normalized spacial score (nSPS) is 20.1. The van der Waals surface area contributed by atoms with Gasteiger partial charge in [0, 0.05) is 19.5 Å². The van der Waals surface area contributed by atoms with Crippen molar-refractivity contribution in [3.8, 4) is 0 Å². The van der Waals surface area contributed by atoms with Crippen molar-refractivity contribution >= 4 is 16.1 Å². The molecule has 0 radical (unpaired) electrons. The van der Waals surface area contributed by atoms with Crippen LogP contribution in [0, 0.1) is 11.6 Å². The number of hydrogen-bond donors (Lipinski definition) is 0. The van der Waals surface area contributed by atoms with Crippen LogP contribution < -0.4 is 0 Å². The number of rotatable bonds is 3. The molecular weight excluding hydrogens is 283 g/mol. The standard InChI is InChI=1S/C11H10F3NO3S/c12-9-2-1-7(3-10(9)13)5-15-6-8(4-11(15)16)19(14,17)18/h1-3,8H,4-6H2. The molecule has 0 aromatic heterocycles. The van der Waals surface area contributed by atoms with Gasteiger partial charge in [-0.25, -0.2) is 8.78 Å². The summed E-state index contributed by atoms with van der Waals surface area (Å²) in [5.74, 6) is -2.60. The van der Waals surface area contributed by atoms with Crippen molar-refractivity contribution in [2.75, 3.05) is 6.54 Å². The molecule has 1 atom stereocenters. The average molecular weight is 293 g/mol. The van der Waals surface area contributed by atoms with Crippen molar-refractivity contribution in [2.45, 2.75) is 18.2 Å². The molecule has 1 aromatic rings. The van der Waals surface area contributed by atoms with Crippen LogP contribution >= 0.6 is 0 Å². The lowest BCUT2D eigenvalue weighted by molar-refractivity contribution is -0.128. The molecule has 2 rings (SSSR count). The van der Waals surface area contributed by atoms with Gasteiger partial charge in [-0.3, -0.25) is 4.79 Å². The number of nitrogens with zero attached hydrogens (tertiary/aromatic N) is 1. The maximum atomic E-state index is 13.0. The fourth-order valence-electron chi connectivity index (χ4n) is 1.94. The summed E-state index contributed by atoms with van der Waals surface area (Å²) in [6.07, 6.45) is -0.428. The lowest BCUT2D eigenvalue weighted by atomic mass is 10.2. The third-order valence-electron chi connectivity index (χ3n) is 2.93. The van der Waals surface area contributed by atoms with E-state index in [1.807, 2.05) is 0 Å². The second-order valence-electron chi connectivity index (χ2n) is 4.32. The Kier molecular flexibility index (Phi) is 3.53. The molecule has 104 valence electrons. The van der Waals surface area contributed by atoms with E-state index in [4.69, 9.17) is 0 Å². The molecule has 1 unspecified atom stereocenters. The molecular formula is C11H10F3NO3S. The number of carbonyl (C=O) groups excluding carboxylic acids is 1. The first kappa shape index (κ1) is 13.9. The molecule has 8 heteroatoms. The van der Waals surface area contributed by atoms with Crippen LogP contribution in [0.15, 0.2) is 18.2 Å². The quantitative estimate of drug-likeness (QED) is 0.791. The lowest BCUT2D eigenvalue weighted by Crippen LogP contribution is -2.26. The summed E-state index contributed by atoms with van der Waals surface area (Å²) < 4.78 is 59.9. The SMILES string of the molecule is O=C1CC(S(=O)(=O)F)CN1Cc1ccc(F)c(F)c1. The molecule has 0 aliphatic carbocycles. The monoisotopic (exact) mass is 293 g/mol. The van der Waals surface area contributed by atoms with Gasteiger partial charge in [0.1, 0.15) is 5.25 Å². The summed E-state index contributed by atoms with van der Waals surface area (Å²) in [7, 11) is -4.77. The summed E-state index contributed by atoms with van der Waals surface area (Å²) >= 11 is 0. The van der Waals surface area contributed by atoms with E-state index in [2.05, 4.69) is 0 Å². The van der Waals surface area contributed by atoms with Gasteiger partial charge in [0.25, 0.3) is 0 Å². The third-order valence-corrected chi connectivity index (χ3v) is 4.05. The van der Waals surface area contributed by atoms with Crippen molar-refractivity contribution in [1.82, 2.24) is 4.90 Å². The van der Waals surface area contributed by atoms with Crippen LogP contribution in [0.2, 0.25) is 0 Å². The number of halogens is 3. The Morgan fingerprint density at radius 1 is 1.26 bits per heavy atom. The Morgan fingerprint density at radius 2 is 1.95 bits per heavy atom. The number of amides is 1. The minimum Gasteiger partial charge on any atom is -0.337 e. The molecule has 1 aliphatic rings. The van der Waals surface area contributed by atoms with Gasteiger partial charge >= 0.3 is 10.2 Å². The summed E-state index contributed by atoms with van der Waals surface area (Å²) in [5, 5.41) is -1.38. The Morgan fingerprint density at radius 3 is 2.47 bits per heavy atom. The summed E-state index contributed by atoms with van der Waals surface area (Å²) in [5.41, 5.74) is 0.309. The van der Waals surface area contributed by atoms with Gasteiger partial charge in [0.15, 0.2) is 11.6 Å². The Balaban J connectivity index is 2.12. The summed E-state index contributed by atoms with van der Waals surface area (Å²) in [4.78, 5) is 12.6. The van der Waals surface area contributed by atoms with Crippen molar-refractivity contribution in [3.05, 3.63) is 35.4 Å². The highest BCUT2D eigenvalue weighted by molar-refractivity contribution is 7.87. The molecule has 0 bridgehead atoms. The largest absolute Gasteiger partial charge is 0.337 e. The van der Waals surface area contributed by atoms with E-state index in [0.29, 0.717) is 5.56 Å². The van der Waals surface area contributed by atoms with E-state index < -0.39 is 39.4 Å². The van der Waals surface area contributed by atoms with E-state index in [0.717, 1.165) is 17.0 Å². The Labute approximate surface area is 108 Å². The van der Waals surface area contributed by atoms with Gasteiger partial charge < -0.3 is 4.90 Å². The number of benzene rings is 1. The minimum atomic E-state index is -4.77. The molecule has 4 nitrogen and oxygen atoms in total. The van der Waals surface area contributed by atoms with Crippen LogP contribution in [0.25, 0.3) is 0 Å². The third kappa shape index (κ3) is 3.06. The van der Waals surface area contributed by atoms with Crippen molar-refractivity contribution < 1.29 is 25.9 Å². The fraction of sp³-hybridized carbons (Fsp3) is 0.364. The smallest absolute Gasteiger partial charge is 0.307 e. The molecule has 1 amide bonds. The molecule has 0 saturated carbocycles. The average Bonchev–Trinajstić information content (AvgIpc) is 2.65. The summed E-state index contributed by atoms with van der Waals surface area (Å²) in [6, 6.07) is 3.11. The second-order valence-corrected chi connectivity index (χ2v) is 5.94. The first-order chi connectivity index (χ1) is 8.77. The van der Waals surface area contributed by atoms with E-state index in [1.54, 1.807) is 0 Å². The topological polar surface area (TPSA) is 54.5 Å². The molecule has 1 aliphatic heterocycles. The number of carbonyl (C=O) groups is 1. The zero-order valence-electron chi connectivity index (χ0n) is 9.64. The van der Waals surface area contributed by atoms with E-state index in [-0.39, 0.29) is 13.1 Å². The van der Waals surface area contributed by atoms with Gasteiger partial charge in [-0.2, -0.15) is 8.42 Å². The molecule has 19 heavy (non-hydrogen) atoms. The van der Waals surface area contributed by atoms with E-state index in [9.17, 15) is 25.9 Å². The minimum absolute atomic E-state index is 0.0813. The van der Waals surface area contributed by atoms with E-state index in [1.165, 1.54) is 6.07 Å². The van der Waals surface area contributed by atoms with Gasteiger partial charge in [0.05, 0.1) is 0 Å². The maximum Gasteiger partial charge on any atom is 0.307 e. The predicted octanol–water partition coefficient (Wildman–Crippen LogP) is 1.36. The Bertz CT molecular complexity index is 618. The van der Waals surface area contributed by atoms with Crippen molar-refractivity contribution in [1.29, 1.82) is 0 Å². The highest BCUT2D eigenvalue weighted by Gasteiger charge is 2.38. The van der Waals surface area contributed by atoms with Gasteiger partial charge in [-0.05, 0) is 17.7 Å². The van der Waals surface area contributed by atoms with Crippen molar-refractivity contribution in [3.63, 3.8) is 0 Å². The van der Waals surface area contributed by atoms with Gasteiger partial charge in [0.2, 0.25) is 5.91 Å². The van der Waals surface area contributed by atoms with Crippen molar-refractivity contribution in [2.24, 2.45) is 0 Å². The highest BCUT2D eigenvalue weighted by Crippen LogP contribution is 2.22. The molecule has 0 spiro atoms. The molecule has 0 N–H and O–H groups in total. The highest BCUT2D eigenvalue weighted by atomic mass is 32.3. The first-order valence-corrected chi connectivity index (χ1v) is 6.87. The van der Waals surface area contributed by atoms with Crippen LogP contribution in [0.4, 0.5) is 12.7 Å². The predicted molar refractivity (Wildman–Crippen MR) is 60.2 cm³/mol. The zero-order chi connectivity index (χ0) is 14.2. The Hall–Kier alpha value is -1.57. The molecule has 1 saturated heterocycles. The molecule has 1 aromatic carbocycles. The number of likely N-dealkylation sites (tertiary alicyclic amines) is 1. The summed E-state index contributed by atoms with van der Waals surface area (Å²) in [6.45, 7) is -0.362. The lowest BCUT2D eigenvalue weighted by Gasteiger charge is -2.16. The van der Waals surface area contributed by atoms with Crippen LogP contribution in [-0.4, -0.2) is 31.0 Å². The molecule has 1 heterocycles.